The van der Waals surface area contributed by atoms with Crippen LogP contribution in [0.15, 0.2) is 33.4 Å². The second kappa shape index (κ2) is 5.57. The molecule has 7 heteroatoms. The van der Waals surface area contributed by atoms with E-state index in [4.69, 9.17) is 4.42 Å². The van der Waals surface area contributed by atoms with Crippen molar-refractivity contribution in [2.75, 3.05) is 0 Å². The molecule has 3 rings (SSSR count). The van der Waals surface area contributed by atoms with Crippen LogP contribution in [-0.4, -0.2) is 25.2 Å². The molecular weight excluding hydrogens is 348 g/mol. The highest BCUT2D eigenvalue weighted by Gasteiger charge is 2.16. The predicted octanol–water partition coefficient (Wildman–Crippen LogP) is 3.10. The summed E-state index contributed by atoms with van der Waals surface area (Å²) in [6.07, 6.45) is 3.21. The van der Waals surface area contributed by atoms with E-state index in [9.17, 15) is 4.79 Å². The normalized spacial score (nSPS) is 11.1. The van der Waals surface area contributed by atoms with Gasteiger partial charge in [0.1, 0.15) is 11.6 Å². The lowest BCUT2D eigenvalue weighted by molar-refractivity contribution is 0.0928. The number of rotatable bonds is 3. The lowest BCUT2D eigenvalue weighted by atomic mass is 10.4. The van der Waals surface area contributed by atoms with Crippen LogP contribution in [0.2, 0.25) is 0 Å². The molecule has 0 unspecified atom stereocenters. The third-order valence-electron chi connectivity index (χ3n) is 3.52. The molecule has 22 heavy (non-hydrogen) atoms. The fourth-order valence-electron chi connectivity index (χ4n) is 2.27. The largest absolute Gasteiger partial charge is 0.454 e. The van der Waals surface area contributed by atoms with Gasteiger partial charge in [0.05, 0.1) is 22.4 Å². The van der Waals surface area contributed by atoms with Gasteiger partial charge in [0.15, 0.2) is 5.76 Å². The van der Waals surface area contributed by atoms with E-state index in [1.54, 1.807) is 31.5 Å². The van der Waals surface area contributed by atoms with Gasteiger partial charge in [0.2, 0.25) is 0 Å². The summed E-state index contributed by atoms with van der Waals surface area (Å²) in [4.78, 5) is 16.4. The number of hydrogen-bond acceptors (Lipinski definition) is 4. The maximum atomic E-state index is 12.3. The van der Waals surface area contributed by atoms with Crippen molar-refractivity contribution < 1.29 is 9.21 Å². The molecule has 0 saturated heterocycles. The van der Waals surface area contributed by atoms with E-state index in [1.807, 2.05) is 18.5 Å². The first kappa shape index (κ1) is 14.8. The molecular formula is C15H15BrN4O2. The SMILES string of the molecule is Cc1nn(Cc2ccc(C(=O)n3ccnc3C)o2)c(C)c1Br. The molecule has 0 aliphatic rings. The van der Waals surface area contributed by atoms with Crippen LogP contribution in [0.1, 0.15) is 33.5 Å². The fraction of sp³-hybridized carbons (Fsp3) is 0.267. The van der Waals surface area contributed by atoms with Crippen molar-refractivity contribution >= 4 is 21.8 Å². The molecule has 3 aromatic heterocycles. The minimum Gasteiger partial charge on any atom is -0.454 e. The molecule has 0 atom stereocenters. The van der Waals surface area contributed by atoms with Gasteiger partial charge < -0.3 is 4.42 Å². The van der Waals surface area contributed by atoms with Gasteiger partial charge in [-0.1, -0.05) is 0 Å². The molecule has 0 fully saturated rings. The van der Waals surface area contributed by atoms with Crippen molar-refractivity contribution in [1.82, 2.24) is 19.3 Å². The Bertz CT molecular complexity index is 844. The van der Waals surface area contributed by atoms with E-state index in [1.165, 1.54) is 4.57 Å². The van der Waals surface area contributed by atoms with E-state index in [0.29, 0.717) is 18.1 Å². The molecule has 0 amide bonds. The Balaban J connectivity index is 1.84. The number of carbonyl (C=O) groups excluding carboxylic acids is 1. The third-order valence-corrected chi connectivity index (χ3v) is 4.66. The average molecular weight is 363 g/mol. The van der Waals surface area contributed by atoms with Crippen LogP contribution in [0.25, 0.3) is 0 Å². The highest BCUT2D eigenvalue weighted by molar-refractivity contribution is 9.10. The van der Waals surface area contributed by atoms with Gasteiger partial charge in [-0.3, -0.25) is 14.0 Å². The summed E-state index contributed by atoms with van der Waals surface area (Å²) >= 11 is 3.50. The monoisotopic (exact) mass is 362 g/mol. The number of imidazole rings is 1. The smallest absolute Gasteiger partial charge is 0.299 e. The molecule has 0 aromatic carbocycles. The zero-order valence-corrected chi connectivity index (χ0v) is 14.1. The zero-order chi connectivity index (χ0) is 15.9. The molecule has 0 bridgehead atoms. The predicted molar refractivity (Wildman–Crippen MR) is 83.9 cm³/mol. The van der Waals surface area contributed by atoms with Crippen LogP contribution in [0, 0.1) is 20.8 Å². The number of nitrogens with zero attached hydrogens (tertiary/aromatic N) is 4. The Morgan fingerprint density at radius 1 is 1.32 bits per heavy atom. The van der Waals surface area contributed by atoms with Crippen LogP contribution >= 0.6 is 15.9 Å². The molecule has 0 aliphatic heterocycles. The summed E-state index contributed by atoms with van der Waals surface area (Å²) in [5.74, 6) is 1.37. The molecule has 3 aromatic rings. The number of halogens is 1. The lowest BCUT2D eigenvalue weighted by Gasteiger charge is -2.02. The molecule has 0 spiro atoms. The number of carbonyl (C=O) groups is 1. The van der Waals surface area contributed by atoms with Gasteiger partial charge in [-0.2, -0.15) is 5.10 Å². The van der Waals surface area contributed by atoms with Gasteiger partial charge in [0.25, 0.3) is 5.91 Å². The van der Waals surface area contributed by atoms with Gasteiger partial charge in [-0.25, -0.2) is 4.98 Å². The Morgan fingerprint density at radius 2 is 2.09 bits per heavy atom. The van der Waals surface area contributed by atoms with Crippen LogP contribution in [0.5, 0.6) is 0 Å². The molecule has 6 nitrogen and oxygen atoms in total. The van der Waals surface area contributed by atoms with Crippen LogP contribution in [0.3, 0.4) is 0 Å². The number of furan rings is 1. The second-order valence-corrected chi connectivity index (χ2v) is 5.85. The van der Waals surface area contributed by atoms with Gasteiger partial charge >= 0.3 is 0 Å². The number of aryl methyl sites for hydroxylation is 2. The van der Waals surface area contributed by atoms with Crippen LogP contribution in [-0.2, 0) is 6.54 Å². The molecule has 0 saturated carbocycles. The van der Waals surface area contributed by atoms with E-state index in [-0.39, 0.29) is 11.7 Å². The molecule has 114 valence electrons. The Labute approximate surface area is 135 Å². The summed E-state index contributed by atoms with van der Waals surface area (Å²) in [5, 5.41) is 4.43. The first-order valence-electron chi connectivity index (χ1n) is 6.80. The van der Waals surface area contributed by atoms with E-state index >= 15 is 0 Å². The van der Waals surface area contributed by atoms with Crippen LogP contribution < -0.4 is 0 Å². The highest BCUT2D eigenvalue weighted by Crippen LogP contribution is 2.21. The highest BCUT2D eigenvalue weighted by atomic mass is 79.9. The first-order chi connectivity index (χ1) is 10.5. The molecule has 0 radical (unpaired) electrons. The van der Waals surface area contributed by atoms with Crippen molar-refractivity contribution in [2.24, 2.45) is 0 Å². The lowest BCUT2D eigenvalue weighted by Crippen LogP contribution is -2.11. The third kappa shape index (κ3) is 2.52. The topological polar surface area (TPSA) is 65.8 Å². The van der Waals surface area contributed by atoms with Crippen molar-refractivity contribution in [1.29, 1.82) is 0 Å². The Kier molecular flexibility index (Phi) is 3.74. The quantitative estimate of drug-likeness (QED) is 0.717. The summed E-state index contributed by atoms with van der Waals surface area (Å²) in [5.41, 5.74) is 1.95. The summed E-state index contributed by atoms with van der Waals surface area (Å²) in [7, 11) is 0. The van der Waals surface area contributed by atoms with Gasteiger partial charge in [0, 0.05) is 12.4 Å². The number of hydrogen-bond donors (Lipinski definition) is 0. The molecule has 3 heterocycles. The fourth-order valence-corrected chi connectivity index (χ4v) is 2.55. The van der Waals surface area contributed by atoms with E-state index in [2.05, 4.69) is 26.0 Å². The number of aromatic nitrogens is 4. The van der Waals surface area contributed by atoms with Crippen molar-refractivity contribution in [3.05, 3.63) is 57.7 Å². The van der Waals surface area contributed by atoms with Crippen molar-refractivity contribution in [2.45, 2.75) is 27.3 Å². The van der Waals surface area contributed by atoms with Crippen molar-refractivity contribution in [3.63, 3.8) is 0 Å². The molecule has 0 N–H and O–H groups in total. The first-order valence-corrected chi connectivity index (χ1v) is 7.59. The standard InChI is InChI=1S/C15H15BrN4O2/c1-9-14(16)10(2)20(18-9)8-12-4-5-13(22-12)15(21)19-7-6-17-11(19)3/h4-7H,8H2,1-3H3. The van der Waals surface area contributed by atoms with E-state index < -0.39 is 0 Å². The second-order valence-electron chi connectivity index (χ2n) is 5.06. The van der Waals surface area contributed by atoms with Gasteiger partial charge in [-0.05, 0) is 48.8 Å². The minimum atomic E-state index is -0.226. The Morgan fingerprint density at radius 3 is 2.68 bits per heavy atom. The van der Waals surface area contributed by atoms with Crippen LogP contribution in [0.4, 0.5) is 0 Å². The minimum absolute atomic E-state index is 0.226. The average Bonchev–Trinajstić information content (AvgIpc) is 3.17. The zero-order valence-electron chi connectivity index (χ0n) is 12.5. The summed E-state index contributed by atoms with van der Waals surface area (Å²) in [6, 6.07) is 3.47. The maximum Gasteiger partial charge on any atom is 0.299 e. The summed E-state index contributed by atoms with van der Waals surface area (Å²) < 4.78 is 9.95. The maximum absolute atomic E-state index is 12.3. The van der Waals surface area contributed by atoms with Crippen molar-refractivity contribution in [3.8, 4) is 0 Å². The molecule has 0 aliphatic carbocycles. The van der Waals surface area contributed by atoms with E-state index in [0.717, 1.165) is 15.9 Å². The Hall–Kier alpha value is -2.15. The van der Waals surface area contributed by atoms with Gasteiger partial charge in [-0.15, -0.1) is 0 Å². The summed E-state index contributed by atoms with van der Waals surface area (Å²) in [6.45, 7) is 6.17.